The predicted octanol–water partition coefficient (Wildman–Crippen LogP) is 10.4. The molecule has 0 fully saturated rings. The second-order valence-electron chi connectivity index (χ2n) is 12.5. The van der Waals surface area contributed by atoms with Gasteiger partial charge in [0.1, 0.15) is 0 Å². The van der Waals surface area contributed by atoms with Crippen LogP contribution in [0.2, 0.25) is 0 Å². The summed E-state index contributed by atoms with van der Waals surface area (Å²) in [5.74, 6) is 1.91. The SMILES string of the molecule is C1=C2C(=CCC1)C(c1ccccc1)(c1cccc(-c3nc(-c4ccccc4)nc(-c4ccc(-c5ccccn5)cc4)n3)c1)c1ccccc12. The average molecular weight is 629 g/mol. The van der Waals surface area contributed by atoms with Crippen molar-refractivity contribution < 1.29 is 0 Å². The Hall–Kier alpha value is -6.26. The van der Waals surface area contributed by atoms with Gasteiger partial charge in [0, 0.05) is 28.5 Å². The first kappa shape index (κ1) is 28.9. The van der Waals surface area contributed by atoms with Gasteiger partial charge in [-0.2, -0.15) is 0 Å². The fraction of sp³-hybridized carbons (Fsp3) is 0.0667. The van der Waals surface area contributed by atoms with E-state index in [0.717, 1.165) is 40.8 Å². The van der Waals surface area contributed by atoms with E-state index in [2.05, 4.69) is 120 Å². The van der Waals surface area contributed by atoms with Gasteiger partial charge in [-0.25, -0.2) is 15.0 Å². The predicted molar refractivity (Wildman–Crippen MR) is 197 cm³/mol. The van der Waals surface area contributed by atoms with Crippen molar-refractivity contribution in [1.29, 1.82) is 0 Å². The van der Waals surface area contributed by atoms with Crippen molar-refractivity contribution in [3.8, 4) is 45.4 Å². The van der Waals surface area contributed by atoms with Crippen molar-refractivity contribution in [3.05, 3.63) is 198 Å². The van der Waals surface area contributed by atoms with Gasteiger partial charge >= 0.3 is 0 Å². The monoisotopic (exact) mass is 628 g/mol. The molecule has 4 nitrogen and oxygen atoms in total. The van der Waals surface area contributed by atoms with Gasteiger partial charge in [0.05, 0.1) is 11.1 Å². The van der Waals surface area contributed by atoms with Crippen LogP contribution >= 0.6 is 0 Å². The summed E-state index contributed by atoms with van der Waals surface area (Å²) in [6, 6.07) is 53.1. The molecule has 49 heavy (non-hydrogen) atoms. The van der Waals surface area contributed by atoms with Gasteiger partial charge in [0.2, 0.25) is 0 Å². The Morgan fingerprint density at radius 1 is 0.449 bits per heavy atom. The second-order valence-corrected chi connectivity index (χ2v) is 12.5. The lowest BCUT2D eigenvalue weighted by atomic mass is 9.66. The summed E-state index contributed by atoms with van der Waals surface area (Å²) >= 11 is 0. The molecule has 2 heterocycles. The number of pyridine rings is 1. The molecule has 0 spiro atoms. The van der Waals surface area contributed by atoms with E-state index < -0.39 is 5.41 Å². The van der Waals surface area contributed by atoms with E-state index in [4.69, 9.17) is 15.0 Å². The third kappa shape index (κ3) is 4.92. The minimum atomic E-state index is -0.459. The fourth-order valence-electron chi connectivity index (χ4n) is 7.52. The van der Waals surface area contributed by atoms with Crippen molar-refractivity contribution in [1.82, 2.24) is 19.9 Å². The van der Waals surface area contributed by atoms with Crippen LogP contribution in [0.5, 0.6) is 0 Å². The molecule has 0 saturated heterocycles. The largest absolute Gasteiger partial charge is 0.256 e. The lowest BCUT2D eigenvalue weighted by molar-refractivity contribution is 0.759. The van der Waals surface area contributed by atoms with Gasteiger partial charge in [-0.1, -0.05) is 146 Å². The van der Waals surface area contributed by atoms with Crippen molar-refractivity contribution >= 4 is 5.57 Å². The lowest BCUT2D eigenvalue weighted by Crippen LogP contribution is -2.29. The normalized spacial score (nSPS) is 16.3. The highest BCUT2D eigenvalue weighted by atomic mass is 15.0. The van der Waals surface area contributed by atoms with Crippen molar-refractivity contribution in [2.75, 3.05) is 0 Å². The van der Waals surface area contributed by atoms with Crippen LogP contribution in [0.3, 0.4) is 0 Å². The molecule has 232 valence electrons. The van der Waals surface area contributed by atoms with Crippen LogP contribution < -0.4 is 0 Å². The Morgan fingerprint density at radius 3 is 1.80 bits per heavy atom. The fourth-order valence-corrected chi connectivity index (χ4v) is 7.52. The molecule has 0 amide bonds. The maximum Gasteiger partial charge on any atom is 0.164 e. The zero-order chi connectivity index (χ0) is 32.6. The minimum Gasteiger partial charge on any atom is -0.256 e. The summed E-state index contributed by atoms with van der Waals surface area (Å²) in [5, 5.41) is 0. The Balaban J connectivity index is 1.23. The summed E-state index contributed by atoms with van der Waals surface area (Å²) in [6.07, 6.45) is 8.77. The Labute approximate surface area is 286 Å². The summed E-state index contributed by atoms with van der Waals surface area (Å²) in [6.45, 7) is 0. The number of hydrogen-bond donors (Lipinski definition) is 0. The molecule has 0 bridgehead atoms. The van der Waals surface area contributed by atoms with E-state index in [1.807, 2.05) is 54.7 Å². The Morgan fingerprint density at radius 2 is 1.04 bits per heavy atom. The van der Waals surface area contributed by atoms with E-state index in [9.17, 15) is 0 Å². The van der Waals surface area contributed by atoms with E-state index >= 15 is 0 Å². The third-order valence-electron chi connectivity index (χ3n) is 9.71. The highest BCUT2D eigenvalue weighted by Gasteiger charge is 2.48. The van der Waals surface area contributed by atoms with Crippen molar-refractivity contribution in [3.63, 3.8) is 0 Å². The van der Waals surface area contributed by atoms with Crippen molar-refractivity contribution in [2.24, 2.45) is 0 Å². The van der Waals surface area contributed by atoms with Crippen LogP contribution in [0.25, 0.3) is 51.0 Å². The van der Waals surface area contributed by atoms with E-state index in [0.29, 0.717) is 17.5 Å². The molecule has 0 N–H and O–H groups in total. The zero-order valence-electron chi connectivity index (χ0n) is 26.9. The Kier molecular flexibility index (Phi) is 7.13. The molecule has 5 aromatic carbocycles. The van der Waals surface area contributed by atoms with Crippen LogP contribution in [0.15, 0.2) is 176 Å². The van der Waals surface area contributed by atoms with Gasteiger partial charge in [-0.05, 0) is 64.4 Å². The highest BCUT2D eigenvalue weighted by molar-refractivity contribution is 5.94. The summed E-state index contributed by atoms with van der Waals surface area (Å²) in [4.78, 5) is 19.7. The first-order chi connectivity index (χ1) is 24.3. The number of benzene rings is 5. The van der Waals surface area contributed by atoms with Crippen LogP contribution in [-0.2, 0) is 5.41 Å². The van der Waals surface area contributed by atoms with Crippen LogP contribution in [0.1, 0.15) is 35.1 Å². The minimum absolute atomic E-state index is 0.459. The first-order valence-electron chi connectivity index (χ1n) is 16.8. The standard InChI is InChI=1S/C45H32N4/c1-3-14-32(15-4-1)42-47-43(33-27-25-31(26-28-33)41-24-11-12-29-46-41)49-44(48-42)34-16-13-19-36(30-34)45(35-17-5-2-6-18-35)39-22-9-7-20-37(39)38-21-8-10-23-40(38)45/h1-7,9,11-30H,8,10H2. The number of allylic oxidation sites excluding steroid dienone is 4. The molecule has 1 atom stereocenters. The zero-order valence-corrected chi connectivity index (χ0v) is 26.9. The molecule has 2 aromatic heterocycles. The highest BCUT2D eigenvalue weighted by Crippen LogP contribution is 2.58. The second kappa shape index (κ2) is 12.1. The summed E-state index contributed by atoms with van der Waals surface area (Å²) < 4.78 is 0. The molecule has 2 aliphatic rings. The number of nitrogens with zero attached hydrogens (tertiary/aromatic N) is 4. The molecule has 4 heteroatoms. The maximum absolute atomic E-state index is 5.13. The van der Waals surface area contributed by atoms with E-state index in [-0.39, 0.29) is 0 Å². The molecule has 0 radical (unpaired) electrons. The molecular weight excluding hydrogens is 597 g/mol. The summed E-state index contributed by atoms with van der Waals surface area (Å²) in [5.41, 5.74) is 12.1. The van der Waals surface area contributed by atoms with Gasteiger partial charge < -0.3 is 0 Å². The molecule has 7 aromatic rings. The molecule has 9 rings (SSSR count). The van der Waals surface area contributed by atoms with E-state index in [1.165, 1.54) is 33.4 Å². The maximum atomic E-state index is 5.13. The smallest absolute Gasteiger partial charge is 0.164 e. The van der Waals surface area contributed by atoms with E-state index in [1.54, 1.807) is 0 Å². The van der Waals surface area contributed by atoms with Gasteiger partial charge in [0.25, 0.3) is 0 Å². The van der Waals surface area contributed by atoms with Crippen LogP contribution in [0.4, 0.5) is 0 Å². The topological polar surface area (TPSA) is 51.6 Å². The molecule has 2 aliphatic carbocycles. The summed E-state index contributed by atoms with van der Waals surface area (Å²) in [7, 11) is 0. The van der Waals surface area contributed by atoms with Gasteiger partial charge in [-0.3, -0.25) is 4.98 Å². The molecule has 0 aliphatic heterocycles. The number of fused-ring (bicyclic) bond motifs is 3. The first-order valence-corrected chi connectivity index (χ1v) is 16.8. The quantitative estimate of drug-likeness (QED) is 0.184. The third-order valence-corrected chi connectivity index (χ3v) is 9.71. The number of aromatic nitrogens is 4. The van der Waals surface area contributed by atoms with Gasteiger partial charge in [-0.15, -0.1) is 0 Å². The van der Waals surface area contributed by atoms with Gasteiger partial charge in [0.15, 0.2) is 17.5 Å². The van der Waals surface area contributed by atoms with Crippen LogP contribution in [-0.4, -0.2) is 19.9 Å². The number of rotatable bonds is 6. The van der Waals surface area contributed by atoms with Crippen LogP contribution in [0, 0.1) is 0 Å². The molecular formula is C45H32N4. The average Bonchev–Trinajstić information content (AvgIpc) is 3.50. The number of hydrogen-bond acceptors (Lipinski definition) is 4. The molecule has 0 saturated carbocycles. The lowest BCUT2D eigenvalue weighted by Gasteiger charge is -2.35. The Bertz CT molecular complexity index is 2360. The van der Waals surface area contributed by atoms with Crippen molar-refractivity contribution in [2.45, 2.75) is 18.3 Å². The molecule has 1 unspecified atom stereocenters.